The normalized spacial score (nSPS) is 50.2. The molecule has 0 aromatic carbocycles. The fourth-order valence-electron chi connectivity index (χ4n) is 10.8. The van der Waals surface area contributed by atoms with Gasteiger partial charge < -0.3 is 9.84 Å². The highest BCUT2D eigenvalue weighted by atomic mass is 16.6. The van der Waals surface area contributed by atoms with E-state index in [0.717, 1.165) is 68.1 Å². The molecule has 4 heteroatoms. The van der Waals surface area contributed by atoms with Crippen LogP contribution in [0.1, 0.15) is 98.3 Å². The molecule has 12 unspecified atom stereocenters. The third-order valence-electron chi connectivity index (χ3n) is 12.7. The average Bonchev–Trinajstić information content (AvgIpc) is 3.61. The molecular formula is C30H46O4. The molecule has 0 aliphatic heterocycles. The second-order valence-corrected chi connectivity index (χ2v) is 14.2. The van der Waals surface area contributed by atoms with Crippen molar-refractivity contribution in [2.75, 3.05) is 0 Å². The molecule has 0 saturated heterocycles. The second-order valence-electron chi connectivity index (χ2n) is 14.2. The zero-order valence-electron chi connectivity index (χ0n) is 21.8. The van der Waals surface area contributed by atoms with Gasteiger partial charge in [0, 0.05) is 5.92 Å². The Morgan fingerprint density at radius 3 is 2.41 bits per heavy atom. The van der Waals surface area contributed by atoms with Gasteiger partial charge in [-0.3, -0.25) is 9.59 Å². The Morgan fingerprint density at radius 2 is 1.74 bits per heavy atom. The van der Waals surface area contributed by atoms with Gasteiger partial charge in [-0.05, 0) is 138 Å². The third kappa shape index (κ3) is 3.28. The van der Waals surface area contributed by atoms with Crippen molar-refractivity contribution in [2.24, 2.45) is 70.5 Å². The Hall–Kier alpha value is -1.06. The van der Waals surface area contributed by atoms with E-state index in [1.54, 1.807) is 0 Å². The van der Waals surface area contributed by atoms with Gasteiger partial charge in [-0.1, -0.05) is 13.8 Å². The van der Waals surface area contributed by atoms with Crippen LogP contribution in [0.4, 0.5) is 0 Å². The van der Waals surface area contributed by atoms with Gasteiger partial charge >= 0.3 is 11.9 Å². The van der Waals surface area contributed by atoms with Crippen molar-refractivity contribution in [3.8, 4) is 0 Å². The van der Waals surface area contributed by atoms with Crippen LogP contribution in [0.3, 0.4) is 0 Å². The van der Waals surface area contributed by atoms with Gasteiger partial charge in [-0.25, -0.2) is 0 Å². The van der Waals surface area contributed by atoms with Gasteiger partial charge in [0.15, 0.2) is 0 Å². The zero-order valence-corrected chi connectivity index (χ0v) is 21.8. The minimum absolute atomic E-state index is 0.0276. The standard InChI is InChI=1S/C30H46O4/c1-5-29(3,4)28(33)34-30(15-20-14-24(30)26-18-9-8-17(11-18)25(20)26)10-6-7-21-16(2)22-12-19(21)13-23(22)27(31)32/h16-26H,5-15H2,1-4H3,(H,31,32). The van der Waals surface area contributed by atoms with Crippen LogP contribution in [0.2, 0.25) is 0 Å². The summed E-state index contributed by atoms with van der Waals surface area (Å²) in [5.74, 6) is 6.44. The number of esters is 1. The summed E-state index contributed by atoms with van der Waals surface area (Å²) in [6.07, 6.45) is 12.9. The first-order chi connectivity index (χ1) is 16.1. The summed E-state index contributed by atoms with van der Waals surface area (Å²) < 4.78 is 6.69. The van der Waals surface area contributed by atoms with Crippen LogP contribution in [-0.2, 0) is 14.3 Å². The van der Waals surface area contributed by atoms with Gasteiger partial charge in [0.1, 0.15) is 5.60 Å². The number of hydrogen-bond acceptors (Lipinski definition) is 3. The maximum atomic E-state index is 13.4. The average molecular weight is 471 g/mol. The SMILES string of the molecule is CCC(C)(C)C(=O)OC1(CCCC2C3CC(C(=O)O)C(C3)C2C)CC2CC1C1C3CCC(C3)C21. The van der Waals surface area contributed by atoms with E-state index in [1.165, 1.54) is 32.1 Å². The number of carboxylic acids is 1. The minimum Gasteiger partial charge on any atom is -0.481 e. The Labute approximate surface area is 206 Å². The highest BCUT2D eigenvalue weighted by Crippen LogP contribution is 2.71. The number of carbonyl (C=O) groups is 2. The molecule has 0 spiro atoms. The van der Waals surface area contributed by atoms with E-state index in [4.69, 9.17) is 4.74 Å². The van der Waals surface area contributed by atoms with Crippen molar-refractivity contribution < 1.29 is 19.4 Å². The molecule has 0 aromatic heterocycles. The van der Waals surface area contributed by atoms with Crippen LogP contribution in [0.5, 0.6) is 0 Å². The maximum absolute atomic E-state index is 13.4. The van der Waals surface area contributed by atoms with Crippen LogP contribution in [-0.4, -0.2) is 22.6 Å². The lowest BCUT2D eigenvalue weighted by Gasteiger charge is -2.47. The Balaban J connectivity index is 1.17. The summed E-state index contributed by atoms with van der Waals surface area (Å²) >= 11 is 0. The summed E-state index contributed by atoms with van der Waals surface area (Å²) in [5, 5.41) is 9.59. The van der Waals surface area contributed by atoms with Crippen molar-refractivity contribution in [1.29, 1.82) is 0 Å². The minimum atomic E-state index is -0.579. The highest BCUT2D eigenvalue weighted by molar-refractivity contribution is 5.76. The molecule has 190 valence electrons. The Morgan fingerprint density at radius 1 is 1.00 bits per heavy atom. The van der Waals surface area contributed by atoms with Crippen LogP contribution in [0.15, 0.2) is 0 Å². The molecule has 6 rings (SSSR count). The van der Waals surface area contributed by atoms with Crippen LogP contribution < -0.4 is 0 Å². The molecule has 0 aromatic rings. The molecule has 6 fully saturated rings. The molecule has 6 saturated carbocycles. The molecule has 6 aliphatic carbocycles. The van der Waals surface area contributed by atoms with Crippen molar-refractivity contribution in [1.82, 2.24) is 0 Å². The molecule has 6 aliphatic rings. The van der Waals surface area contributed by atoms with Gasteiger partial charge in [0.2, 0.25) is 0 Å². The van der Waals surface area contributed by atoms with Crippen molar-refractivity contribution in [3.05, 3.63) is 0 Å². The Kier molecular flexibility index (Phi) is 5.47. The molecule has 34 heavy (non-hydrogen) atoms. The predicted molar refractivity (Wildman–Crippen MR) is 131 cm³/mol. The van der Waals surface area contributed by atoms with Crippen molar-refractivity contribution in [2.45, 2.75) is 104 Å². The summed E-state index contributed by atoms with van der Waals surface area (Å²) in [7, 11) is 0. The number of aliphatic carboxylic acids is 1. The smallest absolute Gasteiger partial charge is 0.312 e. The molecule has 0 amide bonds. The summed E-state index contributed by atoms with van der Waals surface area (Å²) in [5.41, 5.74) is -0.641. The van der Waals surface area contributed by atoms with Crippen molar-refractivity contribution in [3.63, 3.8) is 0 Å². The van der Waals surface area contributed by atoms with E-state index in [2.05, 4.69) is 13.8 Å². The molecular weight excluding hydrogens is 424 g/mol. The van der Waals surface area contributed by atoms with Gasteiger partial charge in [0.25, 0.3) is 0 Å². The lowest BCUT2D eigenvalue weighted by Crippen LogP contribution is -2.49. The van der Waals surface area contributed by atoms with E-state index in [-0.39, 0.29) is 17.5 Å². The largest absolute Gasteiger partial charge is 0.481 e. The molecule has 12 atom stereocenters. The quantitative estimate of drug-likeness (QED) is 0.322. The molecule has 1 N–H and O–H groups in total. The first-order valence-corrected chi connectivity index (χ1v) is 14.6. The molecule has 4 nitrogen and oxygen atoms in total. The number of fused-ring (bicyclic) bond motifs is 11. The second kappa shape index (κ2) is 7.97. The number of carbonyl (C=O) groups excluding carboxylic acids is 1. The summed E-state index contributed by atoms with van der Waals surface area (Å²) in [6, 6.07) is 0. The van der Waals surface area contributed by atoms with Crippen LogP contribution in [0.25, 0.3) is 0 Å². The fraction of sp³-hybridized carbons (Fsp3) is 0.933. The number of ether oxygens (including phenoxy) is 1. The topological polar surface area (TPSA) is 63.6 Å². The van der Waals surface area contributed by atoms with E-state index in [0.29, 0.717) is 29.6 Å². The summed E-state index contributed by atoms with van der Waals surface area (Å²) in [4.78, 5) is 25.0. The van der Waals surface area contributed by atoms with Crippen LogP contribution in [0, 0.1) is 70.5 Å². The third-order valence-corrected chi connectivity index (χ3v) is 12.7. The van der Waals surface area contributed by atoms with E-state index >= 15 is 0 Å². The lowest BCUT2D eigenvalue weighted by atomic mass is 9.64. The molecule has 0 radical (unpaired) electrons. The first-order valence-electron chi connectivity index (χ1n) is 14.6. The zero-order chi connectivity index (χ0) is 24.0. The summed E-state index contributed by atoms with van der Waals surface area (Å²) in [6.45, 7) is 8.50. The maximum Gasteiger partial charge on any atom is 0.312 e. The van der Waals surface area contributed by atoms with E-state index in [9.17, 15) is 14.7 Å². The number of carboxylic acid groups (broad SMARTS) is 1. The number of rotatable bonds is 8. The first kappa shape index (κ1) is 23.3. The number of hydrogen-bond donors (Lipinski definition) is 1. The predicted octanol–water partition coefficient (Wildman–Crippen LogP) is 6.57. The Bertz CT molecular complexity index is 847. The molecule has 0 heterocycles. The molecule has 6 bridgehead atoms. The lowest BCUT2D eigenvalue weighted by molar-refractivity contribution is -0.184. The van der Waals surface area contributed by atoms with Gasteiger partial charge in [-0.2, -0.15) is 0 Å². The van der Waals surface area contributed by atoms with E-state index < -0.39 is 11.4 Å². The highest BCUT2D eigenvalue weighted by Gasteiger charge is 2.68. The monoisotopic (exact) mass is 470 g/mol. The van der Waals surface area contributed by atoms with Gasteiger partial charge in [-0.15, -0.1) is 0 Å². The van der Waals surface area contributed by atoms with E-state index in [1.807, 2.05) is 13.8 Å². The van der Waals surface area contributed by atoms with Gasteiger partial charge in [0.05, 0.1) is 11.3 Å². The van der Waals surface area contributed by atoms with Crippen LogP contribution >= 0.6 is 0 Å². The fourth-order valence-corrected chi connectivity index (χ4v) is 10.8. The van der Waals surface area contributed by atoms with Crippen molar-refractivity contribution >= 4 is 11.9 Å².